The number of ether oxygens (including phenoxy) is 1. The molecule has 6 heteroatoms. The van der Waals surface area contributed by atoms with E-state index in [-0.39, 0.29) is 24.8 Å². The van der Waals surface area contributed by atoms with Crippen molar-refractivity contribution in [1.82, 2.24) is 4.98 Å². The summed E-state index contributed by atoms with van der Waals surface area (Å²) in [5, 5.41) is 2.87. The lowest BCUT2D eigenvalue weighted by Gasteiger charge is -2.29. The van der Waals surface area contributed by atoms with E-state index < -0.39 is 0 Å². The van der Waals surface area contributed by atoms with Crippen molar-refractivity contribution in [2.75, 3.05) is 23.4 Å². The van der Waals surface area contributed by atoms with Gasteiger partial charge in [0.05, 0.1) is 12.1 Å². The van der Waals surface area contributed by atoms with Crippen LogP contribution in [-0.2, 0) is 16.0 Å². The monoisotopic (exact) mass is 325 g/mol. The van der Waals surface area contributed by atoms with Crippen LogP contribution in [0.1, 0.15) is 18.9 Å². The maximum atomic E-state index is 12.2. The number of amides is 2. The summed E-state index contributed by atoms with van der Waals surface area (Å²) in [6.07, 6.45) is 4.44. The lowest BCUT2D eigenvalue weighted by Crippen LogP contribution is -2.39. The van der Waals surface area contributed by atoms with E-state index in [9.17, 15) is 9.59 Å². The Morgan fingerprint density at radius 1 is 1.29 bits per heavy atom. The molecule has 6 nitrogen and oxygen atoms in total. The molecule has 1 aromatic carbocycles. The maximum Gasteiger partial charge on any atom is 0.265 e. The fourth-order valence-electron chi connectivity index (χ4n) is 2.64. The Labute approximate surface area is 140 Å². The predicted octanol–water partition coefficient (Wildman–Crippen LogP) is 2.40. The number of nitrogens with zero attached hydrogens (tertiary/aromatic N) is 2. The average molecular weight is 325 g/mol. The third kappa shape index (κ3) is 3.53. The quantitative estimate of drug-likeness (QED) is 0.916. The second kappa shape index (κ2) is 7.12. The predicted molar refractivity (Wildman–Crippen MR) is 91.2 cm³/mol. The van der Waals surface area contributed by atoms with Gasteiger partial charge in [-0.3, -0.25) is 14.6 Å². The third-order valence-electron chi connectivity index (χ3n) is 3.75. The normalized spacial score (nSPS) is 13.2. The molecule has 2 heterocycles. The van der Waals surface area contributed by atoms with Crippen molar-refractivity contribution in [3.05, 3.63) is 48.3 Å². The molecule has 0 atom stereocenters. The Bertz CT molecular complexity index is 746. The fraction of sp³-hybridized carbons (Fsp3) is 0.278. The number of pyridine rings is 1. The molecule has 0 radical (unpaired) electrons. The lowest BCUT2D eigenvalue weighted by molar-refractivity contribution is -0.121. The Hall–Kier alpha value is -2.89. The van der Waals surface area contributed by atoms with E-state index >= 15 is 0 Å². The number of fused-ring (bicyclic) bond motifs is 1. The first-order valence-electron chi connectivity index (χ1n) is 7.93. The van der Waals surface area contributed by atoms with Gasteiger partial charge in [-0.05, 0) is 42.3 Å². The molecule has 24 heavy (non-hydrogen) atoms. The fourth-order valence-corrected chi connectivity index (χ4v) is 2.64. The molecule has 124 valence electrons. The molecule has 0 unspecified atom stereocenters. The molecule has 2 amide bonds. The molecule has 0 saturated carbocycles. The van der Waals surface area contributed by atoms with Gasteiger partial charge in [0.25, 0.3) is 5.91 Å². The molecule has 1 aromatic heterocycles. The molecule has 1 N–H and O–H groups in total. The first-order chi connectivity index (χ1) is 11.7. The molecule has 0 aliphatic carbocycles. The molecular formula is C18H19N3O3. The number of carbonyl (C=O) groups is 2. The van der Waals surface area contributed by atoms with E-state index in [1.54, 1.807) is 35.5 Å². The lowest BCUT2D eigenvalue weighted by atomic mass is 10.1. The number of carbonyl (C=O) groups excluding carboxylic acids is 2. The number of anilines is 2. The van der Waals surface area contributed by atoms with Crippen LogP contribution in [0.25, 0.3) is 0 Å². The standard InChI is InChI=1S/C18H19N3O3/c1-2-9-21-15-11-14(3-4-16(15)24-12-18(21)23)20-17(22)10-13-5-7-19-8-6-13/h3-8,11H,2,9-10,12H2,1H3,(H,20,22). The van der Waals surface area contributed by atoms with Gasteiger partial charge < -0.3 is 15.0 Å². The molecule has 0 fully saturated rings. The van der Waals surface area contributed by atoms with Gasteiger partial charge in [-0.15, -0.1) is 0 Å². The Balaban J connectivity index is 1.75. The topological polar surface area (TPSA) is 71.5 Å². The second-order valence-corrected chi connectivity index (χ2v) is 5.60. The molecule has 0 spiro atoms. The molecular weight excluding hydrogens is 306 g/mol. The summed E-state index contributed by atoms with van der Waals surface area (Å²) < 4.78 is 5.46. The van der Waals surface area contributed by atoms with Gasteiger partial charge >= 0.3 is 0 Å². The number of hydrogen-bond acceptors (Lipinski definition) is 4. The Kier molecular flexibility index (Phi) is 4.74. The average Bonchev–Trinajstić information content (AvgIpc) is 2.58. The molecule has 2 aromatic rings. The molecule has 0 bridgehead atoms. The number of aromatic nitrogens is 1. The molecule has 0 saturated heterocycles. The van der Waals surface area contributed by atoms with E-state index in [2.05, 4.69) is 10.3 Å². The van der Waals surface area contributed by atoms with Crippen molar-refractivity contribution < 1.29 is 14.3 Å². The van der Waals surface area contributed by atoms with Crippen molar-refractivity contribution in [3.63, 3.8) is 0 Å². The van der Waals surface area contributed by atoms with Crippen molar-refractivity contribution in [2.45, 2.75) is 19.8 Å². The zero-order chi connectivity index (χ0) is 16.9. The summed E-state index contributed by atoms with van der Waals surface area (Å²) in [6, 6.07) is 8.96. The van der Waals surface area contributed by atoms with Crippen LogP contribution in [0.3, 0.4) is 0 Å². The Morgan fingerprint density at radius 2 is 2.08 bits per heavy atom. The largest absolute Gasteiger partial charge is 0.482 e. The van der Waals surface area contributed by atoms with Crippen molar-refractivity contribution in [2.24, 2.45) is 0 Å². The smallest absolute Gasteiger partial charge is 0.265 e. The number of hydrogen-bond donors (Lipinski definition) is 1. The van der Waals surface area contributed by atoms with E-state index in [1.165, 1.54) is 0 Å². The highest BCUT2D eigenvalue weighted by molar-refractivity contribution is 5.99. The Morgan fingerprint density at radius 3 is 2.83 bits per heavy atom. The van der Waals surface area contributed by atoms with Gasteiger partial charge in [0.1, 0.15) is 5.75 Å². The van der Waals surface area contributed by atoms with E-state index in [4.69, 9.17) is 4.74 Å². The van der Waals surface area contributed by atoms with Crippen LogP contribution >= 0.6 is 0 Å². The van der Waals surface area contributed by atoms with Gasteiger partial charge in [-0.25, -0.2) is 0 Å². The van der Waals surface area contributed by atoms with Gasteiger partial charge in [-0.2, -0.15) is 0 Å². The minimum Gasteiger partial charge on any atom is -0.482 e. The number of rotatable bonds is 5. The first kappa shape index (κ1) is 16.0. The van der Waals surface area contributed by atoms with Crippen LogP contribution in [0.15, 0.2) is 42.7 Å². The summed E-state index contributed by atoms with van der Waals surface area (Å²) in [5.41, 5.74) is 2.24. The summed E-state index contributed by atoms with van der Waals surface area (Å²) >= 11 is 0. The summed E-state index contributed by atoms with van der Waals surface area (Å²) in [7, 11) is 0. The van der Waals surface area contributed by atoms with E-state index in [0.717, 1.165) is 12.0 Å². The molecule has 1 aliphatic heterocycles. The number of nitrogens with one attached hydrogen (secondary N) is 1. The van der Waals surface area contributed by atoms with Gasteiger partial charge in [-0.1, -0.05) is 6.92 Å². The van der Waals surface area contributed by atoms with E-state index in [0.29, 0.717) is 23.7 Å². The van der Waals surface area contributed by atoms with Gasteiger partial charge in [0, 0.05) is 24.6 Å². The van der Waals surface area contributed by atoms with E-state index in [1.807, 2.05) is 19.1 Å². The van der Waals surface area contributed by atoms with Crippen molar-refractivity contribution >= 4 is 23.2 Å². The van der Waals surface area contributed by atoms with Crippen LogP contribution in [0.2, 0.25) is 0 Å². The van der Waals surface area contributed by atoms with Crippen LogP contribution in [0.5, 0.6) is 5.75 Å². The highest BCUT2D eigenvalue weighted by Gasteiger charge is 2.25. The first-order valence-corrected chi connectivity index (χ1v) is 7.93. The highest BCUT2D eigenvalue weighted by atomic mass is 16.5. The molecule has 1 aliphatic rings. The van der Waals surface area contributed by atoms with Crippen molar-refractivity contribution in [1.29, 1.82) is 0 Å². The third-order valence-corrected chi connectivity index (χ3v) is 3.75. The maximum absolute atomic E-state index is 12.2. The van der Waals surface area contributed by atoms with Crippen LogP contribution < -0.4 is 15.0 Å². The van der Waals surface area contributed by atoms with Gasteiger partial charge in [0.2, 0.25) is 5.91 Å². The zero-order valence-electron chi connectivity index (χ0n) is 13.5. The van der Waals surface area contributed by atoms with Crippen LogP contribution in [0.4, 0.5) is 11.4 Å². The summed E-state index contributed by atoms with van der Waals surface area (Å²) in [4.78, 5) is 29.8. The zero-order valence-corrected chi connectivity index (χ0v) is 13.5. The molecule has 3 rings (SSSR count). The highest BCUT2D eigenvalue weighted by Crippen LogP contribution is 2.34. The van der Waals surface area contributed by atoms with Gasteiger partial charge in [0.15, 0.2) is 6.61 Å². The van der Waals surface area contributed by atoms with Crippen LogP contribution in [-0.4, -0.2) is 29.9 Å². The minimum atomic E-state index is -0.119. The van der Waals surface area contributed by atoms with Crippen molar-refractivity contribution in [3.8, 4) is 5.75 Å². The second-order valence-electron chi connectivity index (χ2n) is 5.60. The summed E-state index contributed by atoms with van der Waals surface area (Å²) in [5.74, 6) is 0.478. The van der Waals surface area contributed by atoms with Crippen LogP contribution in [0, 0.1) is 0 Å². The SMILES string of the molecule is CCCN1C(=O)COc2ccc(NC(=O)Cc3ccncc3)cc21. The minimum absolute atomic E-state index is 0.0563. The number of benzene rings is 1. The summed E-state index contributed by atoms with van der Waals surface area (Å²) in [6.45, 7) is 2.70.